The van der Waals surface area contributed by atoms with Crippen LogP contribution in [0.25, 0.3) is 0 Å². The van der Waals surface area contributed by atoms with E-state index in [9.17, 15) is 14.6 Å². The molecule has 3 nitrogen and oxygen atoms in total. The number of rotatable bonds is 5. The topological polar surface area (TPSA) is 49.7 Å². The summed E-state index contributed by atoms with van der Waals surface area (Å²) in [4.78, 5) is 0. The summed E-state index contributed by atoms with van der Waals surface area (Å²) in [6.45, 7) is 2.20. The lowest BCUT2D eigenvalue weighted by molar-refractivity contribution is 0.0322. The Kier molecular flexibility index (Phi) is 5.18. The third kappa shape index (κ3) is 3.17. The third-order valence-electron chi connectivity index (χ3n) is 2.11. The van der Waals surface area contributed by atoms with E-state index in [0.29, 0.717) is 12.4 Å². The highest BCUT2D eigenvalue weighted by Gasteiger charge is 2.21. The van der Waals surface area contributed by atoms with Gasteiger partial charge in [0.2, 0.25) is 0 Å². The lowest BCUT2D eigenvalue weighted by Crippen LogP contribution is -2.20. The van der Waals surface area contributed by atoms with Crippen molar-refractivity contribution >= 4 is 15.9 Å². The van der Waals surface area contributed by atoms with Gasteiger partial charge < -0.3 is 14.9 Å². The normalized spacial score (nSPS) is 14.6. The summed E-state index contributed by atoms with van der Waals surface area (Å²) in [7, 11) is 0. The fourth-order valence-electron chi connectivity index (χ4n) is 1.33. The highest BCUT2D eigenvalue weighted by molar-refractivity contribution is 9.09. The first-order chi connectivity index (χ1) is 7.60. The molecule has 0 aromatic heterocycles. The molecule has 0 spiro atoms. The predicted molar refractivity (Wildman–Crippen MR) is 62.3 cm³/mol. The number of alkyl halides is 1. The Bertz CT molecular complexity index is 346. The largest absolute Gasteiger partial charge is 0.493 e. The SMILES string of the molecule is CCOc1ccc(F)cc1C(O)C(O)CBr. The van der Waals surface area contributed by atoms with Crippen LogP contribution < -0.4 is 4.74 Å². The summed E-state index contributed by atoms with van der Waals surface area (Å²) >= 11 is 3.05. The van der Waals surface area contributed by atoms with E-state index in [2.05, 4.69) is 15.9 Å². The first kappa shape index (κ1) is 13.4. The molecule has 0 aliphatic carbocycles. The fourth-order valence-corrected chi connectivity index (χ4v) is 1.68. The molecule has 0 aliphatic rings. The van der Waals surface area contributed by atoms with E-state index in [1.165, 1.54) is 18.2 Å². The van der Waals surface area contributed by atoms with Gasteiger partial charge in [0, 0.05) is 10.9 Å². The average Bonchev–Trinajstić information content (AvgIpc) is 2.29. The van der Waals surface area contributed by atoms with Crippen LogP contribution in [0.1, 0.15) is 18.6 Å². The van der Waals surface area contributed by atoms with Gasteiger partial charge in [-0.25, -0.2) is 4.39 Å². The molecule has 1 rings (SSSR count). The molecule has 1 aromatic carbocycles. The summed E-state index contributed by atoms with van der Waals surface area (Å²) in [5.74, 6) is -0.0873. The van der Waals surface area contributed by atoms with Crippen molar-refractivity contribution in [2.24, 2.45) is 0 Å². The Morgan fingerprint density at radius 3 is 2.69 bits per heavy atom. The maximum Gasteiger partial charge on any atom is 0.125 e. The molecule has 0 saturated heterocycles. The zero-order valence-electron chi connectivity index (χ0n) is 8.86. The van der Waals surface area contributed by atoms with Gasteiger partial charge in [0.05, 0.1) is 12.7 Å². The van der Waals surface area contributed by atoms with Crippen LogP contribution in [0.15, 0.2) is 18.2 Å². The second-order valence-electron chi connectivity index (χ2n) is 3.28. The Balaban J connectivity index is 3.03. The van der Waals surface area contributed by atoms with Crippen LogP contribution in [0, 0.1) is 5.82 Å². The molecule has 16 heavy (non-hydrogen) atoms. The fraction of sp³-hybridized carbons (Fsp3) is 0.455. The molecule has 0 aliphatic heterocycles. The molecular weight excluding hydrogens is 279 g/mol. The van der Waals surface area contributed by atoms with Crippen molar-refractivity contribution in [1.29, 1.82) is 0 Å². The second kappa shape index (κ2) is 6.18. The van der Waals surface area contributed by atoms with Gasteiger partial charge in [0.1, 0.15) is 17.7 Å². The van der Waals surface area contributed by atoms with E-state index in [4.69, 9.17) is 4.74 Å². The molecule has 90 valence electrons. The first-order valence-electron chi connectivity index (χ1n) is 4.94. The van der Waals surface area contributed by atoms with Crippen LogP contribution in [0.4, 0.5) is 4.39 Å². The number of halogens is 2. The molecule has 0 bridgehead atoms. The predicted octanol–water partition coefficient (Wildman–Crippen LogP) is 2.01. The van der Waals surface area contributed by atoms with Gasteiger partial charge in [-0.3, -0.25) is 0 Å². The molecule has 2 atom stereocenters. The molecular formula is C11H14BrFO3. The van der Waals surface area contributed by atoms with Crippen molar-refractivity contribution < 1.29 is 19.3 Å². The lowest BCUT2D eigenvalue weighted by Gasteiger charge is -2.19. The van der Waals surface area contributed by atoms with E-state index in [-0.39, 0.29) is 10.9 Å². The van der Waals surface area contributed by atoms with Crippen molar-refractivity contribution in [3.63, 3.8) is 0 Å². The molecule has 0 fully saturated rings. The quantitative estimate of drug-likeness (QED) is 0.817. The highest BCUT2D eigenvalue weighted by atomic mass is 79.9. The van der Waals surface area contributed by atoms with Gasteiger partial charge in [0.25, 0.3) is 0 Å². The van der Waals surface area contributed by atoms with Gasteiger partial charge in [0.15, 0.2) is 0 Å². The Hall–Kier alpha value is -0.650. The smallest absolute Gasteiger partial charge is 0.125 e. The summed E-state index contributed by atoms with van der Waals surface area (Å²) in [6, 6.07) is 3.86. The molecule has 0 saturated carbocycles. The third-order valence-corrected chi connectivity index (χ3v) is 2.78. The zero-order valence-corrected chi connectivity index (χ0v) is 10.4. The van der Waals surface area contributed by atoms with Crippen LogP contribution in [-0.4, -0.2) is 28.3 Å². The number of aliphatic hydroxyl groups is 2. The van der Waals surface area contributed by atoms with Crippen molar-refractivity contribution in [3.8, 4) is 5.75 Å². The Labute approximate surface area is 102 Å². The maximum atomic E-state index is 13.1. The van der Waals surface area contributed by atoms with E-state index >= 15 is 0 Å². The molecule has 0 heterocycles. The highest BCUT2D eigenvalue weighted by Crippen LogP contribution is 2.28. The number of aliphatic hydroxyl groups excluding tert-OH is 2. The van der Waals surface area contributed by atoms with Gasteiger partial charge in [-0.15, -0.1) is 0 Å². The summed E-state index contributed by atoms with van der Waals surface area (Å²) in [5, 5.41) is 19.5. The monoisotopic (exact) mass is 292 g/mol. The minimum absolute atomic E-state index is 0.205. The molecule has 1 aromatic rings. The number of hydrogen-bond acceptors (Lipinski definition) is 3. The Morgan fingerprint density at radius 1 is 1.44 bits per heavy atom. The van der Waals surface area contributed by atoms with Gasteiger partial charge >= 0.3 is 0 Å². The molecule has 2 N–H and O–H groups in total. The molecule has 0 radical (unpaired) electrons. The number of ether oxygens (including phenoxy) is 1. The van der Waals surface area contributed by atoms with Crippen molar-refractivity contribution in [3.05, 3.63) is 29.6 Å². The Morgan fingerprint density at radius 2 is 2.12 bits per heavy atom. The van der Waals surface area contributed by atoms with Gasteiger partial charge in [-0.1, -0.05) is 15.9 Å². The van der Waals surface area contributed by atoms with E-state index in [0.717, 1.165) is 0 Å². The zero-order chi connectivity index (χ0) is 12.1. The molecule has 0 amide bonds. The van der Waals surface area contributed by atoms with Crippen molar-refractivity contribution in [1.82, 2.24) is 0 Å². The van der Waals surface area contributed by atoms with Gasteiger partial charge in [-0.05, 0) is 25.1 Å². The molecule has 2 unspecified atom stereocenters. The van der Waals surface area contributed by atoms with Gasteiger partial charge in [-0.2, -0.15) is 0 Å². The van der Waals surface area contributed by atoms with E-state index in [1.54, 1.807) is 6.92 Å². The average molecular weight is 293 g/mol. The summed E-state index contributed by atoms with van der Waals surface area (Å²) in [6.07, 6.45) is -2.17. The number of hydrogen-bond donors (Lipinski definition) is 2. The van der Waals surface area contributed by atoms with Crippen LogP contribution >= 0.6 is 15.9 Å². The van der Waals surface area contributed by atoms with Crippen LogP contribution in [0.2, 0.25) is 0 Å². The van der Waals surface area contributed by atoms with Crippen LogP contribution in [-0.2, 0) is 0 Å². The minimum Gasteiger partial charge on any atom is -0.493 e. The lowest BCUT2D eigenvalue weighted by atomic mass is 10.0. The molecule has 5 heteroatoms. The van der Waals surface area contributed by atoms with Crippen molar-refractivity contribution in [2.45, 2.75) is 19.1 Å². The summed E-state index contributed by atoms with van der Waals surface area (Å²) < 4.78 is 18.3. The van der Waals surface area contributed by atoms with Crippen LogP contribution in [0.3, 0.4) is 0 Å². The van der Waals surface area contributed by atoms with Crippen LogP contribution in [0.5, 0.6) is 5.75 Å². The number of benzene rings is 1. The summed E-state index contributed by atoms with van der Waals surface area (Å²) in [5.41, 5.74) is 0.258. The standard InChI is InChI=1S/C11H14BrFO3/c1-2-16-10-4-3-7(13)5-8(10)11(15)9(14)6-12/h3-5,9,11,14-15H,2,6H2,1H3. The van der Waals surface area contributed by atoms with Crippen molar-refractivity contribution in [2.75, 3.05) is 11.9 Å². The minimum atomic E-state index is -1.17. The second-order valence-corrected chi connectivity index (χ2v) is 3.93. The van der Waals surface area contributed by atoms with E-state index < -0.39 is 18.0 Å². The van der Waals surface area contributed by atoms with E-state index in [1.807, 2.05) is 0 Å². The first-order valence-corrected chi connectivity index (χ1v) is 6.06. The maximum absolute atomic E-state index is 13.1.